The highest BCUT2D eigenvalue weighted by Crippen LogP contribution is 2.28. The largest absolute Gasteiger partial charge is 0.396 e. The predicted molar refractivity (Wildman–Crippen MR) is 63.7 cm³/mol. The molecule has 1 N–H and O–H groups in total. The Morgan fingerprint density at radius 2 is 2.31 bits per heavy atom. The van der Waals surface area contributed by atoms with Crippen LogP contribution in [-0.4, -0.2) is 29.5 Å². The van der Waals surface area contributed by atoms with E-state index < -0.39 is 5.38 Å². The Morgan fingerprint density at radius 1 is 1.56 bits per heavy atom. The quantitative estimate of drug-likeness (QED) is 0.796. The number of hydrogen-bond acceptors (Lipinski definition) is 2. The van der Waals surface area contributed by atoms with Crippen molar-refractivity contribution in [3.05, 3.63) is 29.8 Å². The van der Waals surface area contributed by atoms with E-state index >= 15 is 0 Å². The molecule has 2 rings (SSSR count). The molecule has 2 atom stereocenters. The van der Waals surface area contributed by atoms with E-state index in [1.54, 1.807) is 4.90 Å². The number of hydrogen-bond donors (Lipinski definition) is 1. The van der Waals surface area contributed by atoms with E-state index in [4.69, 9.17) is 16.7 Å². The highest BCUT2D eigenvalue weighted by molar-refractivity contribution is 6.34. The Balaban J connectivity index is 2.26. The summed E-state index contributed by atoms with van der Waals surface area (Å²) in [7, 11) is 0. The maximum atomic E-state index is 11.9. The molecule has 1 aliphatic heterocycles. The second kappa shape index (κ2) is 4.44. The van der Waals surface area contributed by atoms with Crippen molar-refractivity contribution in [1.82, 2.24) is 0 Å². The lowest BCUT2D eigenvalue weighted by atomic mass is 10.1. The van der Waals surface area contributed by atoms with Gasteiger partial charge in [-0.1, -0.05) is 12.1 Å². The highest BCUT2D eigenvalue weighted by Gasteiger charge is 2.39. The lowest BCUT2D eigenvalue weighted by molar-refractivity contribution is -0.117. The molecule has 0 spiro atoms. The van der Waals surface area contributed by atoms with Crippen LogP contribution < -0.4 is 4.90 Å². The predicted octanol–water partition coefficient (Wildman–Crippen LogP) is 1.56. The molecule has 1 saturated heterocycles. The number of nitrogens with zero attached hydrogens (tertiary/aromatic N) is 1. The fourth-order valence-electron chi connectivity index (χ4n) is 1.95. The molecule has 1 amide bonds. The average Bonchev–Trinajstić information content (AvgIpc) is 2.56. The zero-order valence-electron chi connectivity index (χ0n) is 9.06. The number of benzene rings is 1. The van der Waals surface area contributed by atoms with E-state index in [1.165, 1.54) is 0 Å². The maximum absolute atomic E-state index is 11.9. The van der Waals surface area contributed by atoms with Gasteiger partial charge in [0.15, 0.2) is 0 Å². The van der Waals surface area contributed by atoms with Crippen molar-refractivity contribution in [2.75, 3.05) is 18.1 Å². The molecule has 1 aliphatic rings. The number of aliphatic hydroxyl groups excluding tert-OH is 1. The van der Waals surface area contributed by atoms with Gasteiger partial charge in [0.2, 0.25) is 5.91 Å². The Labute approximate surface area is 99.6 Å². The zero-order chi connectivity index (χ0) is 11.7. The third-order valence-corrected chi connectivity index (χ3v) is 3.42. The topological polar surface area (TPSA) is 40.5 Å². The molecule has 1 aromatic rings. The average molecular weight is 240 g/mol. The number of rotatable bonds is 2. The van der Waals surface area contributed by atoms with Crippen LogP contribution in [0.1, 0.15) is 5.56 Å². The number of anilines is 1. The Kier molecular flexibility index (Phi) is 3.17. The van der Waals surface area contributed by atoms with Crippen LogP contribution in [-0.2, 0) is 4.79 Å². The van der Waals surface area contributed by atoms with Gasteiger partial charge in [-0.3, -0.25) is 4.79 Å². The summed E-state index contributed by atoms with van der Waals surface area (Å²) in [5.41, 5.74) is 1.95. The number of aryl methyl sites for hydroxylation is 1. The van der Waals surface area contributed by atoms with E-state index in [1.807, 2.05) is 31.2 Å². The van der Waals surface area contributed by atoms with Crippen molar-refractivity contribution in [3.63, 3.8) is 0 Å². The molecular weight excluding hydrogens is 226 g/mol. The first-order valence-corrected chi connectivity index (χ1v) is 5.70. The monoisotopic (exact) mass is 239 g/mol. The molecule has 4 heteroatoms. The van der Waals surface area contributed by atoms with Crippen molar-refractivity contribution in [2.24, 2.45) is 5.92 Å². The molecule has 86 valence electrons. The molecule has 16 heavy (non-hydrogen) atoms. The number of carbonyl (C=O) groups excluding carboxylic acids is 1. The second-order valence-electron chi connectivity index (χ2n) is 4.13. The molecular formula is C12H14ClNO2. The van der Waals surface area contributed by atoms with Crippen molar-refractivity contribution in [1.29, 1.82) is 0 Å². The summed E-state index contributed by atoms with van der Waals surface area (Å²) in [6, 6.07) is 7.72. The highest BCUT2D eigenvalue weighted by atomic mass is 35.5. The summed E-state index contributed by atoms with van der Waals surface area (Å²) in [6.45, 7) is 2.42. The minimum atomic E-state index is -0.606. The fourth-order valence-corrected chi connectivity index (χ4v) is 2.22. The van der Waals surface area contributed by atoms with E-state index in [0.717, 1.165) is 11.3 Å². The van der Waals surface area contributed by atoms with Crippen molar-refractivity contribution in [2.45, 2.75) is 12.3 Å². The van der Waals surface area contributed by atoms with Gasteiger partial charge in [-0.25, -0.2) is 0 Å². The van der Waals surface area contributed by atoms with Gasteiger partial charge in [-0.15, -0.1) is 11.6 Å². The smallest absolute Gasteiger partial charge is 0.245 e. The van der Waals surface area contributed by atoms with Crippen LogP contribution in [0.3, 0.4) is 0 Å². The molecule has 1 aromatic carbocycles. The van der Waals surface area contributed by atoms with Crippen LogP contribution in [0.25, 0.3) is 0 Å². The van der Waals surface area contributed by atoms with Gasteiger partial charge in [0.25, 0.3) is 0 Å². The summed E-state index contributed by atoms with van der Waals surface area (Å²) in [5.74, 6) is -0.291. The van der Waals surface area contributed by atoms with Crippen molar-refractivity contribution in [3.8, 4) is 0 Å². The standard InChI is InChI=1S/C12H14ClNO2/c1-8-3-2-4-10(5-8)14-6-9(7-15)11(13)12(14)16/h2-5,9,11,15H,6-7H2,1H3/t9-,11+/m1/s1. The number of halogens is 1. The normalized spacial score (nSPS) is 25.2. The van der Waals surface area contributed by atoms with Crippen LogP contribution >= 0.6 is 11.6 Å². The van der Waals surface area contributed by atoms with Gasteiger partial charge in [0, 0.05) is 24.8 Å². The van der Waals surface area contributed by atoms with Crippen LogP contribution in [0.15, 0.2) is 24.3 Å². The molecule has 0 saturated carbocycles. The Morgan fingerprint density at radius 3 is 2.88 bits per heavy atom. The van der Waals surface area contributed by atoms with Crippen LogP contribution in [0, 0.1) is 12.8 Å². The molecule has 0 unspecified atom stereocenters. The molecule has 1 heterocycles. The summed E-state index contributed by atoms with van der Waals surface area (Å²) in [4.78, 5) is 13.5. The number of carbonyl (C=O) groups is 1. The van der Waals surface area contributed by atoms with Gasteiger partial charge >= 0.3 is 0 Å². The first-order valence-electron chi connectivity index (χ1n) is 5.26. The lowest BCUT2D eigenvalue weighted by Gasteiger charge is -2.16. The van der Waals surface area contributed by atoms with Crippen LogP contribution in [0.4, 0.5) is 5.69 Å². The van der Waals surface area contributed by atoms with E-state index in [9.17, 15) is 4.79 Å². The van der Waals surface area contributed by atoms with Gasteiger partial charge in [-0.05, 0) is 24.6 Å². The van der Waals surface area contributed by atoms with Gasteiger partial charge in [-0.2, -0.15) is 0 Å². The molecule has 3 nitrogen and oxygen atoms in total. The molecule has 0 bridgehead atoms. The fraction of sp³-hybridized carbons (Fsp3) is 0.417. The summed E-state index contributed by atoms with van der Waals surface area (Å²) in [6.07, 6.45) is 0. The summed E-state index contributed by atoms with van der Waals surface area (Å²) < 4.78 is 0. The molecule has 0 aliphatic carbocycles. The molecule has 0 aromatic heterocycles. The van der Waals surface area contributed by atoms with E-state index in [-0.39, 0.29) is 18.4 Å². The number of amides is 1. The van der Waals surface area contributed by atoms with E-state index in [0.29, 0.717) is 6.54 Å². The van der Waals surface area contributed by atoms with Crippen LogP contribution in [0.5, 0.6) is 0 Å². The third-order valence-electron chi connectivity index (χ3n) is 2.88. The van der Waals surface area contributed by atoms with Gasteiger partial charge < -0.3 is 10.0 Å². The summed E-state index contributed by atoms with van der Waals surface area (Å²) >= 11 is 5.96. The minimum absolute atomic E-state index is 0.0534. The van der Waals surface area contributed by atoms with E-state index in [2.05, 4.69) is 0 Å². The number of aliphatic hydroxyl groups is 1. The number of alkyl halides is 1. The van der Waals surface area contributed by atoms with Crippen molar-refractivity contribution < 1.29 is 9.90 Å². The first-order chi connectivity index (χ1) is 7.63. The minimum Gasteiger partial charge on any atom is -0.396 e. The zero-order valence-corrected chi connectivity index (χ0v) is 9.81. The van der Waals surface area contributed by atoms with Crippen LogP contribution in [0.2, 0.25) is 0 Å². The van der Waals surface area contributed by atoms with Gasteiger partial charge in [0.05, 0.1) is 0 Å². The lowest BCUT2D eigenvalue weighted by Crippen LogP contribution is -2.27. The first kappa shape index (κ1) is 11.4. The molecule has 1 fully saturated rings. The van der Waals surface area contributed by atoms with Crippen molar-refractivity contribution >= 4 is 23.2 Å². The SMILES string of the molecule is Cc1cccc(N2C[C@H](CO)[C@H](Cl)C2=O)c1. The summed E-state index contributed by atoms with van der Waals surface area (Å²) in [5, 5.41) is 8.50. The maximum Gasteiger partial charge on any atom is 0.245 e. The van der Waals surface area contributed by atoms with Gasteiger partial charge in [0.1, 0.15) is 5.38 Å². The third kappa shape index (κ3) is 1.93. The molecule has 0 radical (unpaired) electrons. The Bertz CT molecular complexity index is 408. The second-order valence-corrected chi connectivity index (χ2v) is 4.60. The Hall–Kier alpha value is -1.06.